The third-order valence-corrected chi connectivity index (χ3v) is 5.13. The molecule has 4 bridgehead atoms. The van der Waals surface area contributed by atoms with Gasteiger partial charge in [0.05, 0.1) is 17.6 Å². The second-order valence-electron chi connectivity index (χ2n) is 5.47. The maximum atomic E-state index is 12.5. The Labute approximate surface area is 90.1 Å². The molecule has 1 saturated heterocycles. The predicted octanol–water partition coefficient (Wildman–Crippen LogP) is 1.55. The first-order chi connectivity index (χ1) is 7.01. The zero-order valence-corrected chi connectivity index (χ0v) is 9.63. The van der Waals surface area contributed by atoms with Crippen LogP contribution in [0.3, 0.4) is 0 Å². The van der Waals surface area contributed by atoms with Gasteiger partial charge in [0.15, 0.2) is 11.4 Å². The molecule has 0 aromatic carbocycles. The van der Waals surface area contributed by atoms with Crippen molar-refractivity contribution in [2.75, 3.05) is 13.2 Å². The molecule has 0 amide bonds. The third kappa shape index (κ3) is 0.742. The van der Waals surface area contributed by atoms with Gasteiger partial charge >= 0.3 is 0 Å². The lowest BCUT2D eigenvalue weighted by Gasteiger charge is -2.40. The first-order valence-electron chi connectivity index (χ1n) is 5.84. The largest absolute Gasteiger partial charge is 0.370 e. The van der Waals surface area contributed by atoms with Crippen LogP contribution in [0.1, 0.15) is 33.6 Å². The lowest BCUT2D eigenvalue weighted by atomic mass is 9.74. The molecule has 1 heterocycles. The molecule has 0 spiro atoms. The number of carbonyl (C=O) groups is 1. The molecule has 0 radical (unpaired) electrons. The van der Waals surface area contributed by atoms with Crippen molar-refractivity contribution in [3.63, 3.8) is 0 Å². The van der Waals surface area contributed by atoms with Crippen LogP contribution in [0.5, 0.6) is 0 Å². The summed E-state index contributed by atoms with van der Waals surface area (Å²) < 4.78 is 11.7. The second-order valence-corrected chi connectivity index (χ2v) is 5.47. The SMILES string of the molecule is CCO[C@@]12CO[C@@]3(C)[C@@H]1CC[C@]3(C)C2=O. The number of hydrogen-bond acceptors (Lipinski definition) is 3. The van der Waals surface area contributed by atoms with Crippen molar-refractivity contribution in [2.24, 2.45) is 11.3 Å². The first-order valence-corrected chi connectivity index (χ1v) is 5.84. The van der Waals surface area contributed by atoms with Crippen LogP contribution >= 0.6 is 0 Å². The number of ketones is 1. The van der Waals surface area contributed by atoms with Crippen molar-refractivity contribution in [3.8, 4) is 0 Å². The van der Waals surface area contributed by atoms with Crippen LogP contribution in [0.2, 0.25) is 0 Å². The van der Waals surface area contributed by atoms with E-state index in [1.807, 2.05) is 6.92 Å². The van der Waals surface area contributed by atoms with Gasteiger partial charge in [-0.1, -0.05) is 0 Å². The first kappa shape index (κ1) is 9.79. The van der Waals surface area contributed by atoms with Crippen molar-refractivity contribution in [1.82, 2.24) is 0 Å². The Balaban J connectivity index is 2.12. The Hall–Kier alpha value is -0.410. The van der Waals surface area contributed by atoms with Gasteiger partial charge in [-0.2, -0.15) is 0 Å². The number of Topliss-reactive ketones (excluding diaryl/α,β-unsaturated/α-hetero) is 1. The molecule has 0 unspecified atom stereocenters. The Morgan fingerprint density at radius 3 is 2.80 bits per heavy atom. The molecule has 2 saturated carbocycles. The normalized spacial score (nSPS) is 56.7. The van der Waals surface area contributed by atoms with Crippen LogP contribution in [0.15, 0.2) is 0 Å². The zero-order valence-electron chi connectivity index (χ0n) is 9.63. The van der Waals surface area contributed by atoms with Gasteiger partial charge in [-0.05, 0) is 33.6 Å². The highest BCUT2D eigenvalue weighted by molar-refractivity contribution is 5.99. The summed E-state index contributed by atoms with van der Waals surface area (Å²) in [5.74, 6) is 0.573. The van der Waals surface area contributed by atoms with E-state index in [0.717, 1.165) is 12.8 Å². The fourth-order valence-corrected chi connectivity index (χ4v) is 4.13. The maximum absolute atomic E-state index is 12.5. The zero-order chi connectivity index (χ0) is 10.9. The lowest BCUT2D eigenvalue weighted by molar-refractivity contribution is -0.173. The summed E-state index contributed by atoms with van der Waals surface area (Å²) in [7, 11) is 0. The van der Waals surface area contributed by atoms with Crippen molar-refractivity contribution < 1.29 is 14.3 Å². The van der Waals surface area contributed by atoms with E-state index < -0.39 is 5.60 Å². The summed E-state index contributed by atoms with van der Waals surface area (Å²) in [6, 6.07) is 0. The maximum Gasteiger partial charge on any atom is 0.176 e. The molecule has 0 N–H and O–H groups in total. The number of ether oxygens (including phenoxy) is 2. The monoisotopic (exact) mass is 210 g/mol. The summed E-state index contributed by atoms with van der Waals surface area (Å²) in [6.07, 6.45) is 2.03. The molecule has 15 heavy (non-hydrogen) atoms. The van der Waals surface area contributed by atoms with Crippen molar-refractivity contribution in [2.45, 2.75) is 44.8 Å². The van der Waals surface area contributed by atoms with E-state index in [-0.39, 0.29) is 16.9 Å². The van der Waals surface area contributed by atoms with Crippen molar-refractivity contribution >= 4 is 5.78 Å². The van der Waals surface area contributed by atoms with Gasteiger partial charge in [-0.3, -0.25) is 4.79 Å². The minimum Gasteiger partial charge on any atom is -0.370 e. The van der Waals surface area contributed by atoms with E-state index in [2.05, 4.69) is 13.8 Å². The summed E-state index contributed by atoms with van der Waals surface area (Å²) >= 11 is 0. The molecule has 3 heteroatoms. The number of hydrogen-bond donors (Lipinski definition) is 0. The van der Waals surface area contributed by atoms with Gasteiger partial charge in [-0.15, -0.1) is 0 Å². The quantitative estimate of drug-likeness (QED) is 0.693. The van der Waals surface area contributed by atoms with Gasteiger partial charge in [0.25, 0.3) is 0 Å². The highest BCUT2D eigenvalue weighted by Gasteiger charge is 2.80. The van der Waals surface area contributed by atoms with E-state index in [0.29, 0.717) is 19.0 Å². The molecule has 0 aromatic rings. The van der Waals surface area contributed by atoms with Crippen LogP contribution in [-0.2, 0) is 14.3 Å². The Kier molecular flexibility index (Phi) is 1.61. The van der Waals surface area contributed by atoms with E-state index in [4.69, 9.17) is 9.47 Å². The molecule has 1 aliphatic heterocycles. The van der Waals surface area contributed by atoms with E-state index in [1.54, 1.807) is 0 Å². The number of carbonyl (C=O) groups excluding carboxylic acids is 1. The molecule has 3 rings (SSSR count). The molecular formula is C12H18O3. The lowest BCUT2D eigenvalue weighted by Crippen LogP contribution is -2.54. The number of rotatable bonds is 2. The topological polar surface area (TPSA) is 35.5 Å². The van der Waals surface area contributed by atoms with Crippen LogP contribution in [0.25, 0.3) is 0 Å². The molecule has 3 aliphatic rings. The minimum absolute atomic E-state index is 0.265. The predicted molar refractivity (Wildman–Crippen MR) is 54.6 cm³/mol. The van der Waals surface area contributed by atoms with Crippen molar-refractivity contribution in [3.05, 3.63) is 0 Å². The third-order valence-electron chi connectivity index (χ3n) is 5.13. The average Bonchev–Trinajstić information content (AvgIpc) is 2.67. The van der Waals surface area contributed by atoms with Crippen LogP contribution in [-0.4, -0.2) is 30.2 Å². The van der Waals surface area contributed by atoms with Crippen LogP contribution < -0.4 is 0 Å². The molecule has 2 aliphatic carbocycles. The van der Waals surface area contributed by atoms with Crippen molar-refractivity contribution in [1.29, 1.82) is 0 Å². The Morgan fingerprint density at radius 2 is 2.27 bits per heavy atom. The fraction of sp³-hybridized carbons (Fsp3) is 0.917. The van der Waals surface area contributed by atoms with Crippen LogP contribution in [0, 0.1) is 11.3 Å². The summed E-state index contributed by atoms with van der Waals surface area (Å²) in [6.45, 7) is 7.16. The minimum atomic E-state index is -0.601. The standard InChI is InChI=1S/C12H18O3/c1-4-14-12-7-15-11(3)8(12)5-6-10(11,2)9(12)13/h8H,4-7H2,1-3H3/t8-,10+,11-,12-/m0/s1. The van der Waals surface area contributed by atoms with Gasteiger partial charge in [0, 0.05) is 12.5 Å². The highest BCUT2D eigenvalue weighted by Crippen LogP contribution is 2.68. The molecule has 84 valence electrons. The Bertz CT molecular complexity index is 336. The van der Waals surface area contributed by atoms with Gasteiger partial charge in [0.2, 0.25) is 0 Å². The van der Waals surface area contributed by atoms with Gasteiger partial charge < -0.3 is 9.47 Å². The average molecular weight is 210 g/mol. The van der Waals surface area contributed by atoms with E-state index in [1.165, 1.54) is 0 Å². The summed E-state index contributed by atoms with van der Waals surface area (Å²) in [5.41, 5.74) is -1.17. The molecule has 3 fully saturated rings. The highest BCUT2D eigenvalue weighted by atomic mass is 16.6. The summed E-state index contributed by atoms with van der Waals surface area (Å²) in [4.78, 5) is 12.5. The van der Waals surface area contributed by atoms with E-state index >= 15 is 0 Å². The van der Waals surface area contributed by atoms with Gasteiger partial charge in [0.1, 0.15) is 0 Å². The molecule has 4 atom stereocenters. The Morgan fingerprint density at radius 1 is 1.53 bits per heavy atom. The summed E-state index contributed by atoms with van der Waals surface area (Å²) in [5, 5.41) is 0. The fourth-order valence-electron chi connectivity index (χ4n) is 4.13. The molecule has 3 nitrogen and oxygen atoms in total. The second kappa shape index (κ2) is 2.46. The molecular weight excluding hydrogens is 192 g/mol. The van der Waals surface area contributed by atoms with Gasteiger partial charge in [-0.25, -0.2) is 0 Å². The van der Waals surface area contributed by atoms with Crippen LogP contribution in [0.4, 0.5) is 0 Å². The van der Waals surface area contributed by atoms with E-state index in [9.17, 15) is 4.79 Å². The smallest absolute Gasteiger partial charge is 0.176 e. The molecule has 0 aromatic heterocycles.